The second-order valence-electron chi connectivity index (χ2n) is 12.7. The van der Waals surface area contributed by atoms with Crippen molar-refractivity contribution in [1.29, 1.82) is 0 Å². The van der Waals surface area contributed by atoms with Gasteiger partial charge < -0.3 is 13.3 Å². The van der Waals surface area contributed by atoms with E-state index in [-0.39, 0.29) is 0 Å². The number of hydrogen-bond acceptors (Lipinski definition) is 3. The number of unbranched alkanes of at least 4 members (excludes halogenated alkanes) is 12. The summed E-state index contributed by atoms with van der Waals surface area (Å²) in [7, 11) is -4.02. The van der Waals surface area contributed by atoms with Crippen molar-refractivity contribution in [2.75, 3.05) is 0 Å². The van der Waals surface area contributed by atoms with E-state index in [9.17, 15) is 0 Å². The van der Waals surface area contributed by atoms with Crippen LogP contribution in [0.2, 0.25) is 65.0 Å². The summed E-state index contributed by atoms with van der Waals surface area (Å²) in [6.07, 6.45) is 19.0. The molecule has 0 unspecified atom stereocenters. The lowest BCUT2D eigenvalue weighted by Gasteiger charge is -2.45. The van der Waals surface area contributed by atoms with E-state index >= 15 is 0 Å². The predicted molar refractivity (Wildman–Crippen MR) is 155 cm³/mol. The molecule has 0 bridgehead atoms. The van der Waals surface area contributed by atoms with E-state index in [0.29, 0.717) is 0 Å². The molecule has 0 aliphatic carbocycles. The Kier molecular flexibility index (Phi) is 16.8. The lowest BCUT2D eigenvalue weighted by atomic mass is 10.0. The molecule has 0 aromatic carbocycles. The number of hydrogen-bond donors (Lipinski definition) is 0. The van der Waals surface area contributed by atoms with Crippen molar-refractivity contribution in [2.45, 2.75) is 161 Å². The monoisotopic (exact) mass is 520 g/mol. The van der Waals surface area contributed by atoms with Gasteiger partial charge in [-0.2, -0.15) is 0 Å². The highest BCUT2D eigenvalue weighted by Gasteiger charge is 2.44. The molecule has 0 aliphatic rings. The summed E-state index contributed by atoms with van der Waals surface area (Å²) in [4.78, 5) is 0. The van der Waals surface area contributed by atoms with Crippen molar-refractivity contribution in [3.63, 3.8) is 0 Å². The van der Waals surface area contributed by atoms with Crippen LogP contribution in [-0.2, 0) is 13.3 Å². The molecule has 0 atom stereocenters. The van der Waals surface area contributed by atoms with Crippen LogP contribution in [0.15, 0.2) is 0 Å². The molecule has 0 N–H and O–H groups in total. The zero-order chi connectivity index (χ0) is 24.7. The Bertz CT molecular complexity index is 413. The SMILES string of the molecule is C[Si](C)(C)OC(CCCCCCCCCCCCCCC[SiH3])(O[Si](C)(C)C)O[Si](C)(C)C. The highest BCUT2D eigenvalue weighted by atomic mass is 28.4. The first-order valence-corrected chi connectivity index (χ1v) is 25.4. The average molecular weight is 521 g/mol. The molecule has 0 heterocycles. The Morgan fingerprint density at radius 3 is 0.938 bits per heavy atom. The maximum Gasteiger partial charge on any atom is 0.254 e. The Hall–Kier alpha value is 0.748. The highest BCUT2D eigenvalue weighted by molar-refractivity contribution is 6.72. The Morgan fingerprint density at radius 2 is 0.688 bits per heavy atom. The second-order valence-corrected chi connectivity index (χ2v) is 27.0. The molecule has 0 aromatic rings. The maximum absolute atomic E-state index is 6.66. The van der Waals surface area contributed by atoms with E-state index in [1.54, 1.807) is 0 Å². The fourth-order valence-electron chi connectivity index (χ4n) is 4.15. The zero-order valence-corrected chi connectivity index (χ0v) is 28.8. The van der Waals surface area contributed by atoms with Gasteiger partial charge in [0, 0.05) is 16.7 Å². The molecule has 0 amide bonds. The standard InChI is InChI=1S/C25H60O3Si4/c1-30(2,3)26-25(27-31(4,5)6,28-32(7,8)9)23-21-19-17-15-13-11-10-12-14-16-18-20-22-24-29/h10-24H2,1-9,29H3. The Morgan fingerprint density at radius 1 is 0.438 bits per heavy atom. The molecular formula is C25H60O3Si4. The largest absolute Gasteiger partial charge is 0.371 e. The molecular weight excluding hydrogens is 461 g/mol. The third kappa shape index (κ3) is 21.3. The second kappa shape index (κ2) is 16.4. The summed E-state index contributed by atoms with van der Waals surface area (Å²) in [6.45, 7) is 20.2. The van der Waals surface area contributed by atoms with Crippen LogP contribution in [0.4, 0.5) is 0 Å². The summed E-state index contributed by atoms with van der Waals surface area (Å²) < 4.78 is 20.0. The van der Waals surface area contributed by atoms with Gasteiger partial charge in [0.2, 0.25) is 0 Å². The van der Waals surface area contributed by atoms with Crippen molar-refractivity contribution in [1.82, 2.24) is 0 Å². The van der Waals surface area contributed by atoms with E-state index in [4.69, 9.17) is 13.3 Å². The van der Waals surface area contributed by atoms with Crippen LogP contribution in [0.5, 0.6) is 0 Å². The van der Waals surface area contributed by atoms with E-state index in [2.05, 4.69) is 58.9 Å². The van der Waals surface area contributed by atoms with Gasteiger partial charge in [-0.1, -0.05) is 83.1 Å². The molecule has 0 fully saturated rings. The van der Waals surface area contributed by atoms with Crippen LogP contribution < -0.4 is 0 Å². The van der Waals surface area contributed by atoms with Crippen molar-refractivity contribution >= 4 is 35.2 Å². The molecule has 32 heavy (non-hydrogen) atoms. The van der Waals surface area contributed by atoms with E-state index in [1.165, 1.54) is 93.3 Å². The molecule has 0 spiro atoms. The lowest BCUT2D eigenvalue weighted by molar-refractivity contribution is -0.274. The molecule has 0 saturated heterocycles. The van der Waals surface area contributed by atoms with Crippen molar-refractivity contribution in [3.8, 4) is 0 Å². The topological polar surface area (TPSA) is 27.7 Å². The minimum Gasteiger partial charge on any atom is -0.371 e. The van der Waals surface area contributed by atoms with Crippen LogP contribution in [0.25, 0.3) is 0 Å². The minimum absolute atomic E-state index is 0.821. The maximum atomic E-state index is 6.66. The van der Waals surface area contributed by atoms with Crippen LogP contribution in [0.3, 0.4) is 0 Å². The van der Waals surface area contributed by atoms with Crippen LogP contribution in [0, 0.1) is 0 Å². The first-order chi connectivity index (χ1) is 14.7. The molecule has 0 aliphatic heterocycles. The van der Waals surface area contributed by atoms with Crippen LogP contribution >= 0.6 is 0 Å². The van der Waals surface area contributed by atoms with E-state index < -0.39 is 30.9 Å². The average Bonchev–Trinajstić information content (AvgIpc) is 2.57. The molecule has 3 nitrogen and oxygen atoms in total. The Balaban J connectivity index is 4.31. The van der Waals surface area contributed by atoms with Crippen molar-refractivity contribution < 1.29 is 13.3 Å². The highest BCUT2D eigenvalue weighted by Crippen LogP contribution is 2.34. The normalized spacial score (nSPS) is 13.8. The van der Waals surface area contributed by atoms with Crippen molar-refractivity contribution in [2.24, 2.45) is 0 Å². The minimum atomic E-state index is -1.80. The Labute approximate surface area is 209 Å². The van der Waals surface area contributed by atoms with Gasteiger partial charge in [0.15, 0.2) is 25.0 Å². The van der Waals surface area contributed by atoms with Gasteiger partial charge in [-0.15, -0.1) is 0 Å². The summed E-state index contributed by atoms with van der Waals surface area (Å²) in [5, 5.41) is 0. The van der Waals surface area contributed by atoms with Gasteiger partial charge in [-0.3, -0.25) is 0 Å². The molecule has 0 rings (SSSR count). The van der Waals surface area contributed by atoms with Crippen molar-refractivity contribution in [3.05, 3.63) is 0 Å². The fraction of sp³-hybridized carbons (Fsp3) is 1.00. The van der Waals surface area contributed by atoms with Gasteiger partial charge in [-0.25, -0.2) is 0 Å². The molecule has 0 saturated carbocycles. The lowest BCUT2D eigenvalue weighted by Crippen LogP contribution is -2.55. The predicted octanol–water partition coefficient (Wildman–Crippen LogP) is 8.44. The van der Waals surface area contributed by atoms with E-state index in [0.717, 1.165) is 12.8 Å². The van der Waals surface area contributed by atoms with Gasteiger partial charge in [0.05, 0.1) is 0 Å². The fourth-order valence-corrected chi connectivity index (χ4v) is 8.26. The summed E-state index contributed by atoms with van der Waals surface area (Å²) in [6, 6.07) is 1.49. The van der Waals surface area contributed by atoms with Crippen LogP contribution in [0.1, 0.15) is 89.9 Å². The summed E-state index contributed by atoms with van der Waals surface area (Å²) in [5.74, 6) is -0.821. The van der Waals surface area contributed by atoms with Crippen LogP contribution in [-0.4, -0.2) is 41.2 Å². The molecule has 194 valence electrons. The summed E-state index contributed by atoms with van der Waals surface area (Å²) in [5.41, 5.74) is 0. The summed E-state index contributed by atoms with van der Waals surface area (Å²) >= 11 is 0. The molecule has 0 aromatic heterocycles. The first-order valence-electron chi connectivity index (χ1n) is 13.8. The third-order valence-electron chi connectivity index (χ3n) is 5.22. The third-order valence-corrected chi connectivity index (χ3v) is 8.70. The molecule has 0 radical (unpaired) electrons. The quantitative estimate of drug-likeness (QED) is 0.0863. The smallest absolute Gasteiger partial charge is 0.254 e. The van der Waals surface area contributed by atoms with Gasteiger partial charge in [0.1, 0.15) is 0 Å². The van der Waals surface area contributed by atoms with Gasteiger partial charge >= 0.3 is 0 Å². The van der Waals surface area contributed by atoms with Gasteiger partial charge in [0.25, 0.3) is 5.97 Å². The zero-order valence-electron chi connectivity index (χ0n) is 23.8. The molecule has 7 heteroatoms. The van der Waals surface area contributed by atoms with E-state index in [1.807, 2.05) is 0 Å². The van der Waals surface area contributed by atoms with Gasteiger partial charge in [-0.05, 0) is 65.3 Å². The number of rotatable bonds is 21. The first kappa shape index (κ1) is 32.7.